The number of para-hydroxylation sites is 1. The lowest BCUT2D eigenvalue weighted by Crippen LogP contribution is -2.40. The Morgan fingerprint density at radius 1 is 1.06 bits per heavy atom. The Bertz CT molecular complexity index is 1480. The molecule has 7 heteroatoms. The van der Waals surface area contributed by atoms with E-state index in [1.54, 1.807) is 36.0 Å². The highest BCUT2D eigenvalue weighted by Crippen LogP contribution is 2.30. The number of carbonyl (C=O) groups is 1. The second-order valence-corrected chi connectivity index (χ2v) is 8.34. The van der Waals surface area contributed by atoms with E-state index in [0.29, 0.717) is 32.1 Å². The van der Waals surface area contributed by atoms with Crippen LogP contribution in [0.15, 0.2) is 105 Å². The van der Waals surface area contributed by atoms with Gasteiger partial charge in [0.1, 0.15) is 5.76 Å². The number of thiazole rings is 1. The molecule has 0 saturated carbocycles. The maximum Gasteiger partial charge on any atom is 0.271 e. The summed E-state index contributed by atoms with van der Waals surface area (Å²) in [7, 11) is 0. The summed E-state index contributed by atoms with van der Waals surface area (Å²) >= 11 is 1.28. The number of hydrogen-bond acceptors (Lipinski definition) is 5. The minimum atomic E-state index is -0.588. The summed E-state index contributed by atoms with van der Waals surface area (Å²) in [6, 6.07) is 21.8. The molecule has 0 bridgehead atoms. The molecule has 1 atom stereocenters. The predicted molar refractivity (Wildman–Crippen MR) is 124 cm³/mol. The molecule has 2 aromatic carbocycles. The fraction of sp³-hybridized carbons (Fsp3) is 0.0800. The standard InChI is InChI=1S/C25H19N3O3S/c1-16-21(23(29)27-18-11-6-3-7-12-18)22(17-9-4-2-5-10-17)28-24(30)20(32-25(28)26-16)15-19-13-8-14-31-19/h2-15,22H,1H3,(H,27,29)/t22-/m1/s1. The first-order chi connectivity index (χ1) is 15.6. The van der Waals surface area contributed by atoms with E-state index < -0.39 is 6.04 Å². The number of aromatic nitrogens is 1. The highest BCUT2D eigenvalue weighted by Gasteiger charge is 2.32. The number of fused-ring (bicyclic) bond motifs is 1. The molecule has 6 nitrogen and oxygen atoms in total. The molecule has 3 heterocycles. The van der Waals surface area contributed by atoms with Crippen molar-refractivity contribution in [2.24, 2.45) is 4.99 Å². The van der Waals surface area contributed by atoms with E-state index in [0.717, 1.165) is 5.56 Å². The number of rotatable bonds is 4. The average molecular weight is 442 g/mol. The number of amides is 1. The number of furan rings is 1. The van der Waals surface area contributed by atoms with Crippen molar-refractivity contribution in [3.05, 3.63) is 121 Å². The first kappa shape index (κ1) is 20.0. The van der Waals surface area contributed by atoms with Crippen molar-refractivity contribution in [1.29, 1.82) is 0 Å². The Morgan fingerprint density at radius 2 is 1.78 bits per heavy atom. The molecule has 0 unspecified atom stereocenters. The van der Waals surface area contributed by atoms with E-state index in [1.165, 1.54) is 11.3 Å². The van der Waals surface area contributed by atoms with Crippen LogP contribution in [0.4, 0.5) is 5.69 Å². The summed E-state index contributed by atoms with van der Waals surface area (Å²) in [6.07, 6.45) is 3.26. The van der Waals surface area contributed by atoms with Crippen LogP contribution in [-0.4, -0.2) is 10.5 Å². The van der Waals surface area contributed by atoms with E-state index in [4.69, 9.17) is 4.42 Å². The fourth-order valence-electron chi connectivity index (χ4n) is 3.79. The second kappa shape index (κ2) is 8.28. The molecule has 1 aliphatic rings. The van der Waals surface area contributed by atoms with Crippen LogP contribution in [0.1, 0.15) is 24.3 Å². The van der Waals surface area contributed by atoms with Gasteiger partial charge in [0, 0.05) is 11.8 Å². The van der Waals surface area contributed by atoms with Gasteiger partial charge >= 0.3 is 0 Å². The number of hydrogen-bond donors (Lipinski definition) is 1. The minimum Gasteiger partial charge on any atom is -0.465 e. The molecule has 0 spiro atoms. The Balaban J connectivity index is 1.68. The largest absolute Gasteiger partial charge is 0.465 e. The van der Waals surface area contributed by atoms with Crippen molar-refractivity contribution >= 4 is 29.0 Å². The van der Waals surface area contributed by atoms with Gasteiger partial charge in [0.25, 0.3) is 11.5 Å². The number of benzene rings is 2. The first-order valence-corrected chi connectivity index (χ1v) is 10.9. The van der Waals surface area contributed by atoms with Gasteiger partial charge in [0.15, 0.2) is 4.80 Å². The molecule has 32 heavy (non-hydrogen) atoms. The lowest BCUT2D eigenvalue weighted by molar-refractivity contribution is -0.113. The third kappa shape index (κ3) is 3.63. The Morgan fingerprint density at radius 3 is 2.47 bits per heavy atom. The third-order valence-electron chi connectivity index (χ3n) is 5.23. The van der Waals surface area contributed by atoms with Crippen molar-refractivity contribution in [3.63, 3.8) is 0 Å². The quantitative estimate of drug-likeness (QED) is 0.527. The van der Waals surface area contributed by atoms with Crippen LogP contribution in [0.25, 0.3) is 6.08 Å². The summed E-state index contributed by atoms with van der Waals surface area (Å²) in [5.74, 6) is 0.302. The predicted octanol–water partition coefficient (Wildman–Crippen LogP) is 3.47. The second-order valence-electron chi connectivity index (χ2n) is 7.33. The number of allylic oxidation sites excluding steroid dienone is 1. The topological polar surface area (TPSA) is 76.6 Å². The summed E-state index contributed by atoms with van der Waals surface area (Å²) in [5.41, 5.74) is 2.33. The molecular weight excluding hydrogens is 422 g/mol. The number of nitrogens with one attached hydrogen (secondary N) is 1. The average Bonchev–Trinajstić information content (AvgIpc) is 3.42. The highest BCUT2D eigenvalue weighted by atomic mass is 32.1. The zero-order valence-electron chi connectivity index (χ0n) is 17.2. The maximum atomic E-state index is 13.4. The summed E-state index contributed by atoms with van der Waals surface area (Å²) in [4.78, 5) is 32.0. The van der Waals surface area contributed by atoms with Gasteiger partial charge in [-0.2, -0.15) is 0 Å². The van der Waals surface area contributed by atoms with Crippen LogP contribution >= 0.6 is 11.3 Å². The van der Waals surface area contributed by atoms with Crippen LogP contribution in [0.3, 0.4) is 0 Å². The molecule has 0 fully saturated rings. The number of carbonyl (C=O) groups excluding carboxylic acids is 1. The van der Waals surface area contributed by atoms with Gasteiger partial charge < -0.3 is 9.73 Å². The molecule has 4 aromatic rings. The molecule has 158 valence electrons. The number of anilines is 1. The van der Waals surface area contributed by atoms with Gasteiger partial charge in [-0.3, -0.25) is 14.2 Å². The van der Waals surface area contributed by atoms with E-state index in [1.807, 2.05) is 60.7 Å². The van der Waals surface area contributed by atoms with Gasteiger partial charge in [-0.15, -0.1) is 0 Å². The molecule has 0 aliphatic carbocycles. The molecule has 5 rings (SSSR count). The molecule has 0 saturated heterocycles. The van der Waals surface area contributed by atoms with Crippen molar-refractivity contribution in [2.45, 2.75) is 13.0 Å². The minimum absolute atomic E-state index is 0.212. The molecule has 1 N–H and O–H groups in total. The smallest absolute Gasteiger partial charge is 0.271 e. The normalized spacial score (nSPS) is 15.9. The molecule has 1 amide bonds. The zero-order chi connectivity index (χ0) is 22.1. The molecule has 0 radical (unpaired) electrons. The van der Waals surface area contributed by atoms with E-state index in [2.05, 4.69) is 10.3 Å². The fourth-order valence-corrected chi connectivity index (χ4v) is 4.81. The van der Waals surface area contributed by atoms with E-state index in [-0.39, 0.29) is 11.5 Å². The highest BCUT2D eigenvalue weighted by molar-refractivity contribution is 7.07. The van der Waals surface area contributed by atoms with Crippen molar-refractivity contribution in [1.82, 2.24) is 4.57 Å². The number of nitrogens with zero attached hydrogens (tertiary/aromatic N) is 2. The maximum absolute atomic E-state index is 13.4. The summed E-state index contributed by atoms with van der Waals surface area (Å²) in [6.45, 7) is 1.81. The van der Waals surface area contributed by atoms with Crippen LogP contribution in [0.2, 0.25) is 0 Å². The third-order valence-corrected chi connectivity index (χ3v) is 6.21. The molecular formula is C25H19N3O3S. The van der Waals surface area contributed by atoms with Gasteiger partial charge in [-0.1, -0.05) is 59.9 Å². The zero-order valence-corrected chi connectivity index (χ0v) is 18.0. The Labute approximate surface area is 187 Å². The monoisotopic (exact) mass is 441 g/mol. The van der Waals surface area contributed by atoms with E-state index >= 15 is 0 Å². The Kier molecular flexibility index (Phi) is 5.17. The van der Waals surface area contributed by atoms with Gasteiger partial charge in [0.05, 0.1) is 28.1 Å². The van der Waals surface area contributed by atoms with Crippen LogP contribution < -0.4 is 20.2 Å². The van der Waals surface area contributed by atoms with Crippen LogP contribution in [0.5, 0.6) is 0 Å². The van der Waals surface area contributed by atoms with Crippen molar-refractivity contribution in [2.75, 3.05) is 5.32 Å². The van der Waals surface area contributed by atoms with Gasteiger partial charge in [-0.25, -0.2) is 4.99 Å². The first-order valence-electron chi connectivity index (χ1n) is 10.1. The van der Waals surface area contributed by atoms with Gasteiger partial charge in [-0.05, 0) is 36.8 Å². The SMILES string of the molecule is CC1=C(C(=O)Nc2ccccc2)[C@@H](c2ccccc2)n2c(sc(=Cc3ccco3)c2=O)=N1. The van der Waals surface area contributed by atoms with Gasteiger partial charge in [0.2, 0.25) is 0 Å². The van der Waals surface area contributed by atoms with Crippen molar-refractivity contribution in [3.8, 4) is 0 Å². The Hall–Kier alpha value is -3.97. The van der Waals surface area contributed by atoms with Crippen LogP contribution in [0, 0.1) is 0 Å². The lowest BCUT2D eigenvalue weighted by atomic mass is 9.95. The molecule has 1 aliphatic heterocycles. The van der Waals surface area contributed by atoms with Crippen molar-refractivity contribution < 1.29 is 9.21 Å². The molecule has 2 aromatic heterocycles. The summed E-state index contributed by atoms with van der Waals surface area (Å²) in [5, 5.41) is 2.94. The lowest BCUT2D eigenvalue weighted by Gasteiger charge is -2.25. The summed E-state index contributed by atoms with van der Waals surface area (Å²) < 4.78 is 7.48. The van der Waals surface area contributed by atoms with Crippen LogP contribution in [-0.2, 0) is 4.79 Å². The van der Waals surface area contributed by atoms with E-state index in [9.17, 15) is 9.59 Å².